The molecule has 0 fully saturated rings. The van der Waals surface area contributed by atoms with Gasteiger partial charge in [0.2, 0.25) is 0 Å². The first-order chi connectivity index (χ1) is 5.11. The van der Waals surface area contributed by atoms with E-state index in [-0.39, 0.29) is 11.6 Å². The first-order valence-electron chi connectivity index (χ1n) is 3.41. The normalized spacial score (nSPS) is 13.0. The Morgan fingerprint density at radius 2 is 2.27 bits per heavy atom. The summed E-state index contributed by atoms with van der Waals surface area (Å²) in [6, 6.07) is 2.99. The molecule has 0 saturated carbocycles. The van der Waals surface area contributed by atoms with Gasteiger partial charge >= 0.3 is 0 Å². The van der Waals surface area contributed by atoms with Crippen molar-refractivity contribution in [2.24, 2.45) is 12.8 Å². The van der Waals surface area contributed by atoms with Crippen LogP contribution in [0.2, 0.25) is 0 Å². The molecule has 0 spiro atoms. The predicted molar refractivity (Wildman–Crippen MR) is 42.1 cm³/mol. The lowest BCUT2D eigenvalue weighted by Gasteiger charge is -2.04. The van der Waals surface area contributed by atoms with Crippen molar-refractivity contribution in [1.82, 2.24) is 9.78 Å². The van der Waals surface area contributed by atoms with Crippen LogP contribution in [-0.2, 0) is 7.05 Å². The van der Waals surface area contributed by atoms with Gasteiger partial charge in [-0.25, -0.2) is 4.68 Å². The molecule has 60 valence electrons. The van der Waals surface area contributed by atoms with Gasteiger partial charge in [-0.1, -0.05) is 0 Å². The van der Waals surface area contributed by atoms with Gasteiger partial charge in [0.1, 0.15) is 0 Å². The third-order valence-electron chi connectivity index (χ3n) is 1.45. The second-order valence-electron chi connectivity index (χ2n) is 2.51. The molecule has 0 aliphatic carbocycles. The van der Waals surface area contributed by atoms with E-state index >= 15 is 0 Å². The van der Waals surface area contributed by atoms with Crippen molar-refractivity contribution in [3.05, 3.63) is 28.2 Å². The molecule has 0 aromatic carbocycles. The molecule has 1 unspecified atom stereocenters. The zero-order valence-corrected chi connectivity index (χ0v) is 6.61. The maximum Gasteiger partial charge on any atom is 0.266 e. The van der Waals surface area contributed by atoms with Crippen LogP contribution in [0.5, 0.6) is 0 Å². The summed E-state index contributed by atoms with van der Waals surface area (Å²) in [6.45, 7) is 1.83. The molecule has 4 heteroatoms. The SMILES string of the molecule is CC(N)c1ccc(=O)n(C)n1. The number of nitrogens with two attached hydrogens (primary N) is 1. The van der Waals surface area contributed by atoms with E-state index in [1.165, 1.54) is 10.7 Å². The van der Waals surface area contributed by atoms with Crippen molar-refractivity contribution in [2.45, 2.75) is 13.0 Å². The van der Waals surface area contributed by atoms with Crippen LogP contribution < -0.4 is 11.3 Å². The average Bonchev–Trinajstić information content (AvgIpc) is 1.94. The number of aromatic nitrogens is 2. The molecule has 0 bridgehead atoms. The summed E-state index contributed by atoms with van der Waals surface area (Å²) in [5.74, 6) is 0. The fraction of sp³-hybridized carbons (Fsp3) is 0.429. The van der Waals surface area contributed by atoms with Gasteiger partial charge in [0.15, 0.2) is 0 Å². The van der Waals surface area contributed by atoms with Crippen LogP contribution >= 0.6 is 0 Å². The molecule has 1 atom stereocenters. The second-order valence-corrected chi connectivity index (χ2v) is 2.51. The Kier molecular flexibility index (Phi) is 2.05. The van der Waals surface area contributed by atoms with Gasteiger partial charge in [0, 0.05) is 19.2 Å². The zero-order chi connectivity index (χ0) is 8.43. The van der Waals surface area contributed by atoms with E-state index < -0.39 is 0 Å². The third-order valence-corrected chi connectivity index (χ3v) is 1.45. The van der Waals surface area contributed by atoms with Gasteiger partial charge < -0.3 is 5.73 Å². The summed E-state index contributed by atoms with van der Waals surface area (Å²) in [5.41, 5.74) is 6.17. The first-order valence-corrected chi connectivity index (χ1v) is 3.41. The van der Waals surface area contributed by atoms with Crippen LogP contribution in [0.4, 0.5) is 0 Å². The lowest BCUT2D eigenvalue weighted by Crippen LogP contribution is -2.21. The van der Waals surface area contributed by atoms with Crippen molar-refractivity contribution >= 4 is 0 Å². The Labute approximate surface area is 64.6 Å². The summed E-state index contributed by atoms with van der Waals surface area (Å²) < 4.78 is 1.28. The Morgan fingerprint density at radius 1 is 1.64 bits per heavy atom. The van der Waals surface area contributed by atoms with Gasteiger partial charge in [-0.2, -0.15) is 5.10 Å². The van der Waals surface area contributed by atoms with E-state index in [0.29, 0.717) is 0 Å². The highest BCUT2D eigenvalue weighted by molar-refractivity contribution is 5.03. The van der Waals surface area contributed by atoms with E-state index in [1.54, 1.807) is 13.1 Å². The molecule has 0 amide bonds. The third kappa shape index (κ3) is 1.65. The molecule has 2 N–H and O–H groups in total. The van der Waals surface area contributed by atoms with E-state index in [2.05, 4.69) is 5.10 Å². The standard InChI is InChI=1S/C7H11N3O/c1-5(8)6-3-4-7(11)10(2)9-6/h3-5H,8H2,1-2H3. The topological polar surface area (TPSA) is 60.9 Å². The van der Waals surface area contributed by atoms with Crippen LogP contribution in [0, 0.1) is 0 Å². The van der Waals surface area contributed by atoms with Crippen molar-refractivity contribution in [3.8, 4) is 0 Å². The maximum absolute atomic E-state index is 10.9. The second kappa shape index (κ2) is 2.84. The van der Waals surface area contributed by atoms with Crippen LogP contribution in [0.15, 0.2) is 16.9 Å². The van der Waals surface area contributed by atoms with E-state index in [4.69, 9.17) is 5.73 Å². The summed E-state index contributed by atoms with van der Waals surface area (Å²) in [5, 5.41) is 3.95. The zero-order valence-electron chi connectivity index (χ0n) is 6.61. The van der Waals surface area contributed by atoms with Crippen molar-refractivity contribution in [1.29, 1.82) is 0 Å². The van der Waals surface area contributed by atoms with E-state index in [1.807, 2.05) is 6.92 Å². The molecule has 0 radical (unpaired) electrons. The fourth-order valence-corrected chi connectivity index (χ4v) is 0.763. The van der Waals surface area contributed by atoms with Crippen molar-refractivity contribution < 1.29 is 0 Å². The number of hydrogen-bond donors (Lipinski definition) is 1. The molecule has 1 heterocycles. The van der Waals surface area contributed by atoms with Gasteiger partial charge in [0.05, 0.1) is 5.69 Å². The Hall–Kier alpha value is -1.16. The first kappa shape index (κ1) is 7.94. The average molecular weight is 153 g/mol. The number of nitrogens with zero attached hydrogens (tertiary/aromatic N) is 2. The van der Waals surface area contributed by atoms with Gasteiger partial charge in [0.25, 0.3) is 5.56 Å². The number of aryl methyl sites for hydroxylation is 1. The molecule has 1 aromatic heterocycles. The van der Waals surface area contributed by atoms with Crippen LogP contribution in [-0.4, -0.2) is 9.78 Å². The smallest absolute Gasteiger partial charge is 0.266 e. The molecular formula is C7H11N3O. The molecular weight excluding hydrogens is 142 g/mol. The van der Waals surface area contributed by atoms with Crippen molar-refractivity contribution in [3.63, 3.8) is 0 Å². The van der Waals surface area contributed by atoms with E-state index in [0.717, 1.165) is 5.69 Å². The number of rotatable bonds is 1. The Bertz CT molecular complexity index is 303. The Balaban J connectivity index is 3.15. The van der Waals surface area contributed by atoms with Gasteiger partial charge in [-0.3, -0.25) is 4.79 Å². The minimum atomic E-state index is -0.123. The molecule has 11 heavy (non-hydrogen) atoms. The van der Waals surface area contributed by atoms with Gasteiger partial charge in [-0.05, 0) is 13.0 Å². The summed E-state index contributed by atoms with van der Waals surface area (Å²) >= 11 is 0. The maximum atomic E-state index is 10.9. The molecule has 4 nitrogen and oxygen atoms in total. The molecule has 1 rings (SSSR count). The molecule has 0 aliphatic heterocycles. The lowest BCUT2D eigenvalue weighted by atomic mass is 10.2. The minimum Gasteiger partial charge on any atom is -0.323 e. The molecule has 1 aromatic rings. The van der Waals surface area contributed by atoms with Crippen LogP contribution in [0.1, 0.15) is 18.7 Å². The van der Waals surface area contributed by atoms with Crippen LogP contribution in [0.3, 0.4) is 0 Å². The molecule has 0 aliphatic rings. The highest BCUT2D eigenvalue weighted by Gasteiger charge is 2.00. The van der Waals surface area contributed by atoms with E-state index in [9.17, 15) is 4.79 Å². The summed E-state index contributed by atoms with van der Waals surface area (Å²) in [4.78, 5) is 10.9. The van der Waals surface area contributed by atoms with Crippen LogP contribution in [0.25, 0.3) is 0 Å². The molecule has 0 saturated heterocycles. The Morgan fingerprint density at radius 3 is 2.73 bits per heavy atom. The lowest BCUT2D eigenvalue weighted by molar-refractivity contribution is 0.643. The summed E-state index contributed by atoms with van der Waals surface area (Å²) in [6.07, 6.45) is 0. The van der Waals surface area contributed by atoms with Crippen molar-refractivity contribution in [2.75, 3.05) is 0 Å². The van der Waals surface area contributed by atoms with Gasteiger partial charge in [-0.15, -0.1) is 0 Å². The largest absolute Gasteiger partial charge is 0.323 e. The monoisotopic (exact) mass is 153 g/mol. The predicted octanol–water partition coefficient (Wildman–Crippen LogP) is -0.200. The quantitative estimate of drug-likeness (QED) is 0.607. The highest BCUT2D eigenvalue weighted by atomic mass is 16.1. The highest BCUT2D eigenvalue weighted by Crippen LogP contribution is 2.00. The fourth-order valence-electron chi connectivity index (χ4n) is 0.763. The minimum absolute atomic E-state index is 0.116. The number of hydrogen-bond acceptors (Lipinski definition) is 3. The summed E-state index contributed by atoms with van der Waals surface area (Å²) in [7, 11) is 1.61.